The lowest BCUT2D eigenvalue weighted by atomic mass is 10.1. The van der Waals surface area contributed by atoms with Crippen molar-refractivity contribution in [3.63, 3.8) is 0 Å². The second kappa shape index (κ2) is 3.98. The molecular weight excluding hydrogens is 256 g/mol. The summed E-state index contributed by atoms with van der Waals surface area (Å²) in [6.45, 7) is 1.56. The van der Waals surface area contributed by atoms with E-state index in [0.717, 1.165) is 10.2 Å². The summed E-state index contributed by atoms with van der Waals surface area (Å²) in [5.41, 5.74) is 1.65. The lowest BCUT2D eigenvalue weighted by Gasteiger charge is -2.01. The van der Waals surface area contributed by atoms with Crippen molar-refractivity contribution >= 4 is 21.7 Å². The maximum absolute atomic E-state index is 11.1. The zero-order valence-corrected chi connectivity index (χ0v) is 9.73. The van der Waals surface area contributed by atoms with Crippen LogP contribution in [0.2, 0.25) is 0 Å². The minimum atomic E-state index is 0.0724. The molecule has 3 nitrogen and oxygen atoms in total. The highest BCUT2D eigenvalue weighted by Crippen LogP contribution is 2.13. The summed E-state index contributed by atoms with van der Waals surface area (Å²) in [6.07, 6.45) is 3.58. The number of carbonyl (C=O) groups is 1. The second-order valence-electron chi connectivity index (χ2n) is 3.21. The summed E-state index contributed by atoms with van der Waals surface area (Å²) in [6, 6.07) is 7.34. The molecule has 0 aliphatic carbocycles. The monoisotopic (exact) mass is 264 g/mol. The van der Waals surface area contributed by atoms with Gasteiger partial charge in [0.1, 0.15) is 0 Å². The van der Waals surface area contributed by atoms with Gasteiger partial charge in [0.25, 0.3) is 0 Å². The topological polar surface area (TPSA) is 34.9 Å². The Kier molecular flexibility index (Phi) is 2.68. The number of aromatic nitrogens is 2. The van der Waals surface area contributed by atoms with E-state index in [1.54, 1.807) is 29.9 Å². The molecule has 0 spiro atoms. The number of rotatable bonds is 2. The number of ketones is 1. The molecule has 1 heterocycles. The van der Waals surface area contributed by atoms with Gasteiger partial charge in [-0.2, -0.15) is 5.10 Å². The zero-order valence-electron chi connectivity index (χ0n) is 8.14. The normalized spacial score (nSPS) is 10.3. The first-order valence-electron chi connectivity index (χ1n) is 4.48. The van der Waals surface area contributed by atoms with E-state index in [1.165, 1.54) is 0 Å². The zero-order chi connectivity index (χ0) is 10.8. The molecule has 0 aliphatic rings. The predicted octanol–water partition coefficient (Wildman–Crippen LogP) is 2.84. The molecular formula is C11H9BrN2O. The van der Waals surface area contributed by atoms with Crippen LogP contribution < -0.4 is 0 Å². The van der Waals surface area contributed by atoms with Gasteiger partial charge in [-0.05, 0) is 47.1 Å². The Balaban J connectivity index is 2.35. The molecule has 2 rings (SSSR count). The van der Waals surface area contributed by atoms with Crippen molar-refractivity contribution in [2.75, 3.05) is 0 Å². The van der Waals surface area contributed by atoms with Crippen LogP contribution in [-0.2, 0) is 0 Å². The third-order valence-electron chi connectivity index (χ3n) is 2.09. The minimum Gasteiger partial charge on any atom is -0.295 e. The van der Waals surface area contributed by atoms with Crippen molar-refractivity contribution in [2.45, 2.75) is 6.92 Å². The van der Waals surface area contributed by atoms with Crippen LogP contribution >= 0.6 is 15.9 Å². The van der Waals surface area contributed by atoms with E-state index in [1.807, 2.05) is 18.3 Å². The molecule has 0 saturated heterocycles. The lowest BCUT2D eigenvalue weighted by molar-refractivity contribution is 0.101. The molecule has 0 radical (unpaired) electrons. The highest BCUT2D eigenvalue weighted by atomic mass is 79.9. The maximum atomic E-state index is 11.1. The molecule has 76 valence electrons. The molecule has 0 amide bonds. The fourth-order valence-corrected chi connectivity index (χ4v) is 1.58. The number of carbonyl (C=O) groups excluding carboxylic acids is 1. The smallest absolute Gasteiger partial charge is 0.159 e. The quantitative estimate of drug-likeness (QED) is 0.782. The number of hydrogen-bond acceptors (Lipinski definition) is 2. The van der Waals surface area contributed by atoms with Gasteiger partial charge in [-0.1, -0.05) is 0 Å². The van der Waals surface area contributed by atoms with E-state index in [2.05, 4.69) is 21.0 Å². The molecule has 0 aliphatic heterocycles. The van der Waals surface area contributed by atoms with Crippen molar-refractivity contribution < 1.29 is 4.79 Å². The molecule has 0 atom stereocenters. The van der Waals surface area contributed by atoms with E-state index in [0.29, 0.717) is 5.56 Å². The van der Waals surface area contributed by atoms with Gasteiger partial charge in [0.15, 0.2) is 5.78 Å². The largest absolute Gasteiger partial charge is 0.295 e. The van der Waals surface area contributed by atoms with Gasteiger partial charge in [0, 0.05) is 11.8 Å². The van der Waals surface area contributed by atoms with Crippen LogP contribution in [0.25, 0.3) is 5.69 Å². The van der Waals surface area contributed by atoms with E-state index in [9.17, 15) is 4.79 Å². The molecule has 0 unspecified atom stereocenters. The first-order valence-corrected chi connectivity index (χ1v) is 5.27. The lowest BCUT2D eigenvalue weighted by Crippen LogP contribution is -1.96. The first-order chi connectivity index (χ1) is 7.16. The molecule has 0 bridgehead atoms. The SMILES string of the molecule is CC(=O)c1ccc(-n2cc(Br)cn2)cc1. The van der Waals surface area contributed by atoms with Crippen LogP contribution in [0.5, 0.6) is 0 Å². The second-order valence-corrected chi connectivity index (χ2v) is 4.12. The van der Waals surface area contributed by atoms with E-state index < -0.39 is 0 Å². The molecule has 15 heavy (non-hydrogen) atoms. The average molecular weight is 265 g/mol. The number of halogens is 1. The van der Waals surface area contributed by atoms with E-state index in [4.69, 9.17) is 0 Å². The maximum Gasteiger partial charge on any atom is 0.159 e. The van der Waals surface area contributed by atoms with Gasteiger partial charge in [0.05, 0.1) is 16.4 Å². The standard InChI is InChI=1S/C11H9BrN2O/c1-8(15)9-2-4-11(5-3-9)14-7-10(12)6-13-14/h2-7H,1H3. The predicted molar refractivity (Wildman–Crippen MR) is 61.3 cm³/mol. The number of benzene rings is 1. The van der Waals surface area contributed by atoms with Crippen molar-refractivity contribution in [1.29, 1.82) is 0 Å². The Bertz CT molecular complexity index is 488. The van der Waals surface area contributed by atoms with E-state index >= 15 is 0 Å². The molecule has 2 aromatic rings. The average Bonchev–Trinajstić information content (AvgIpc) is 2.65. The fourth-order valence-electron chi connectivity index (χ4n) is 1.29. The molecule has 0 N–H and O–H groups in total. The minimum absolute atomic E-state index is 0.0724. The van der Waals surface area contributed by atoms with Crippen molar-refractivity contribution in [3.05, 3.63) is 46.7 Å². The number of Topliss-reactive ketones (excluding diaryl/α,β-unsaturated/α-hetero) is 1. The van der Waals surface area contributed by atoms with Crippen LogP contribution in [0.1, 0.15) is 17.3 Å². The van der Waals surface area contributed by atoms with Gasteiger partial charge < -0.3 is 0 Å². The van der Waals surface area contributed by atoms with Gasteiger partial charge in [-0.15, -0.1) is 0 Å². The highest BCUT2D eigenvalue weighted by molar-refractivity contribution is 9.10. The highest BCUT2D eigenvalue weighted by Gasteiger charge is 2.01. The van der Waals surface area contributed by atoms with Crippen LogP contribution in [0.4, 0.5) is 0 Å². The first kappa shape index (κ1) is 10.1. The summed E-state index contributed by atoms with van der Waals surface area (Å²) >= 11 is 3.33. The molecule has 0 saturated carbocycles. The third-order valence-corrected chi connectivity index (χ3v) is 2.50. The third kappa shape index (κ3) is 2.15. The van der Waals surface area contributed by atoms with Crippen molar-refractivity contribution in [3.8, 4) is 5.69 Å². The van der Waals surface area contributed by atoms with Gasteiger partial charge in [0.2, 0.25) is 0 Å². The Morgan fingerprint density at radius 1 is 1.33 bits per heavy atom. The molecule has 4 heteroatoms. The van der Waals surface area contributed by atoms with Gasteiger partial charge >= 0.3 is 0 Å². The van der Waals surface area contributed by atoms with Gasteiger partial charge in [-0.25, -0.2) is 4.68 Å². The molecule has 1 aromatic carbocycles. The van der Waals surface area contributed by atoms with Crippen molar-refractivity contribution in [1.82, 2.24) is 9.78 Å². The summed E-state index contributed by atoms with van der Waals surface area (Å²) in [4.78, 5) is 11.1. The number of nitrogens with zero attached hydrogens (tertiary/aromatic N) is 2. The fraction of sp³-hybridized carbons (Fsp3) is 0.0909. The van der Waals surface area contributed by atoms with Crippen LogP contribution in [0.15, 0.2) is 41.1 Å². The van der Waals surface area contributed by atoms with Crippen LogP contribution in [0, 0.1) is 0 Å². The molecule has 1 aromatic heterocycles. The Hall–Kier alpha value is -1.42. The summed E-state index contributed by atoms with van der Waals surface area (Å²) < 4.78 is 2.67. The molecule has 0 fully saturated rings. The summed E-state index contributed by atoms with van der Waals surface area (Å²) in [7, 11) is 0. The summed E-state index contributed by atoms with van der Waals surface area (Å²) in [5.74, 6) is 0.0724. The Labute approximate surface area is 95.9 Å². The summed E-state index contributed by atoms with van der Waals surface area (Å²) in [5, 5.41) is 4.15. The van der Waals surface area contributed by atoms with Crippen LogP contribution in [-0.4, -0.2) is 15.6 Å². The Morgan fingerprint density at radius 2 is 2.00 bits per heavy atom. The Morgan fingerprint density at radius 3 is 2.47 bits per heavy atom. The van der Waals surface area contributed by atoms with Crippen LogP contribution in [0.3, 0.4) is 0 Å². The number of hydrogen-bond donors (Lipinski definition) is 0. The van der Waals surface area contributed by atoms with E-state index in [-0.39, 0.29) is 5.78 Å². The van der Waals surface area contributed by atoms with Gasteiger partial charge in [-0.3, -0.25) is 4.79 Å². The van der Waals surface area contributed by atoms with Crippen molar-refractivity contribution in [2.24, 2.45) is 0 Å².